The average Bonchev–Trinajstić information content (AvgIpc) is 2.83. The molecule has 2 aromatic carbocycles. The van der Waals surface area contributed by atoms with E-state index in [2.05, 4.69) is 4.99 Å². The molecule has 0 fully saturated rings. The number of ketones is 1. The number of methoxy groups -OCH3 is 1. The van der Waals surface area contributed by atoms with Crippen LogP contribution in [0.15, 0.2) is 58.7 Å². The van der Waals surface area contributed by atoms with Crippen LogP contribution in [0.1, 0.15) is 50.2 Å². The van der Waals surface area contributed by atoms with Crippen LogP contribution in [0, 0.1) is 5.92 Å². The Morgan fingerprint density at radius 1 is 1.15 bits per heavy atom. The summed E-state index contributed by atoms with van der Waals surface area (Å²) in [6, 6.07) is 13.0. The Kier molecular flexibility index (Phi) is 7.37. The van der Waals surface area contributed by atoms with E-state index in [1.807, 2.05) is 49.4 Å². The molecule has 178 valence electrons. The van der Waals surface area contributed by atoms with Crippen molar-refractivity contribution in [2.24, 2.45) is 10.9 Å². The topological polar surface area (TPSA) is 74.2 Å². The third-order valence-electron chi connectivity index (χ3n) is 6.26. The van der Waals surface area contributed by atoms with Crippen molar-refractivity contribution in [1.29, 1.82) is 0 Å². The van der Waals surface area contributed by atoms with E-state index < -0.39 is 11.8 Å². The Labute approximate surface area is 204 Å². The smallest absolute Gasteiger partial charge is 0.315 e. The van der Waals surface area contributed by atoms with Gasteiger partial charge in [-0.1, -0.05) is 35.9 Å². The Bertz CT molecular complexity index is 1170. The first-order valence-corrected chi connectivity index (χ1v) is 11.8. The van der Waals surface area contributed by atoms with Crippen molar-refractivity contribution in [1.82, 2.24) is 0 Å². The number of halogens is 1. The highest BCUT2D eigenvalue weighted by molar-refractivity contribution is 6.31. The summed E-state index contributed by atoms with van der Waals surface area (Å²) in [4.78, 5) is 30.6. The highest BCUT2D eigenvalue weighted by Crippen LogP contribution is 2.45. The van der Waals surface area contributed by atoms with Crippen LogP contribution in [0.4, 0.5) is 0 Å². The second-order valence-corrected chi connectivity index (χ2v) is 8.80. The zero-order valence-electron chi connectivity index (χ0n) is 19.6. The van der Waals surface area contributed by atoms with Crippen LogP contribution in [-0.4, -0.2) is 31.2 Å². The monoisotopic (exact) mass is 481 g/mol. The predicted octanol–water partition coefficient (Wildman–Crippen LogP) is 5.67. The Morgan fingerprint density at radius 2 is 1.94 bits per heavy atom. The van der Waals surface area contributed by atoms with Crippen molar-refractivity contribution >= 4 is 29.1 Å². The molecular formula is C27H28ClNO5. The van der Waals surface area contributed by atoms with Crippen LogP contribution < -0.4 is 9.47 Å². The van der Waals surface area contributed by atoms with Gasteiger partial charge < -0.3 is 14.2 Å². The molecule has 1 aliphatic heterocycles. The zero-order valence-corrected chi connectivity index (χ0v) is 20.4. The quantitative estimate of drug-likeness (QED) is 0.476. The van der Waals surface area contributed by atoms with E-state index in [9.17, 15) is 9.59 Å². The second-order valence-electron chi connectivity index (χ2n) is 8.39. The van der Waals surface area contributed by atoms with Gasteiger partial charge in [-0.2, -0.15) is 0 Å². The van der Waals surface area contributed by atoms with Gasteiger partial charge in [0.25, 0.3) is 0 Å². The molecule has 34 heavy (non-hydrogen) atoms. The minimum Gasteiger partial charge on any atom is -0.493 e. The molecule has 0 saturated heterocycles. The summed E-state index contributed by atoms with van der Waals surface area (Å²) in [5, 5.41) is 0.627. The minimum absolute atomic E-state index is 0.0369. The number of nitrogens with zero attached hydrogens (tertiary/aromatic N) is 1. The predicted molar refractivity (Wildman–Crippen MR) is 131 cm³/mol. The van der Waals surface area contributed by atoms with E-state index in [1.165, 1.54) is 0 Å². The molecule has 0 amide bonds. The van der Waals surface area contributed by atoms with Crippen LogP contribution in [0.25, 0.3) is 0 Å². The van der Waals surface area contributed by atoms with Crippen LogP contribution >= 0.6 is 11.6 Å². The number of benzene rings is 2. The van der Waals surface area contributed by atoms with Crippen LogP contribution in [0.2, 0.25) is 5.02 Å². The summed E-state index contributed by atoms with van der Waals surface area (Å²) >= 11 is 6.25. The molecule has 2 aliphatic rings. The molecule has 1 unspecified atom stereocenters. The SMILES string of the molecule is CCOC(=O)C1C(C)=NC2=C(C(=O)CCC2)[C@@H]1c1ccc(OCc2ccccc2Cl)c(OC)c1. The van der Waals surface area contributed by atoms with E-state index in [4.69, 9.17) is 25.8 Å². The van der Waals surface area contributed by atoms with Crippen molar-refractivity contribution in [3.05, 3.63) is 69.9 Å². The highest BCUT2D eigenvalue weighted by Gasteiger charge is 2.43. The van der Waals surface area contributed by atoms with E-state index in [0.29, 0.717) is 34.2 Å². The first kappa shape index (κ1) is 24.0. The fourth-order valence-electron chi connectivity index (χ4n) is 4.67. The molecule has 6 nitrogen and oxygen atoms in total. The van der Waals surface area contributed by atoms with Crippen molar-refractivity contribution in [2.45, 2.75) is 45.6 Å². The van der Waals surface area contributed by atoms with E-state index in [1.54, 1.807) is 14.0 Å². The van der Waals surface area contributed by atoms with Crippen LogP contribution in [0.3, 0.4) is 0 Å². The van der Waals surface area contributed by atoms with Gasteiger partial charge in [-0.3, -0.25) is 14.6 Å². The molecule has 0 bridgehead atoms. The van der Waals surface area contributed by atoms with E-state index in [0.717, 1.165) is 29.7 Å². The van der Waals surface area contributed by atoms with Crippen molar-refractivity contribution in [3.8, 4) is 11.5 Å². The maximum absolute atomic E-state index is 13.0. The molecule has 2 atom stereocenters. The lowest BCUT2D eigenvalue weighted by Gasteiger charge is -2.34. The second kappa shape index (κ2) is 10.4. The van der Waals surface area contributed by atoms with Gasteiger partial charge in [0.2, 0.25) is 0 Å². The number of hydrogen-bond acceptors (Lipinski definition) is 6. The summed E-state index contributed by atoms with van der Waals surface area (Å²) in [7, 11) is 1.56. The van der Waals surface area contributed by atoms with Crippen LogP contribution in [0.5, 0.6) is 11.5 Å². The first-order chi connectivity index (χ1) is 16.4. The number of allylic oxidation sites excluding steroid dienone is 2. The number of carbonyl (C=O) groups is 2. The lowest BCUT2D eigenvalue weighted by molar-refractivity contribution is -0.146. The normalized spacial score (nSPS) is 19.9. The Balaban J connectivity index is 1.71. The lowest BCUT2D eigenvalue weighted by atomic mass is 9.71. The fourth-order valence-corrected chi connectivity index (χ4v) is 4.86. The number of rotatable bonds is 7. The summed E-state index contributed by atoms with van der Waals surface area (Å²) in [6.07, 6.45) is 1.94. The van der Waals surface area contributed by atoms with Crippen molar-refractivity contribution in [2.75, 3.05) is 13.7 Å². The number of carbonyl (C=O) groups excluding carboxylic acids is 2. The standard InChI is InChI=1S/C27H28ClNO5/c1-4-33-27(31)24-16(2)29-20-10-7-11-21(30)26(20)25(24)17-12-13-22(23(14-17)32-3)34-15-18-8-5-6-9-19(18)28/h5-6,8-9,12-14,24-25H,4,7,10-11,15H2,1-3H3/t24?,25-/m1/s1. The molecule has 2 aromatic rings. The van der Waals surface area contributed by atoms with E-state index >= 15 is 0 Å². The molecular weight excluding hydrogens is 454 g/mol. The summed E-state index contributed by atoms with van der Waals surface area (Å²) in [5.41, 5.74) is 3.70. The van der Waals surface area contributed by atoms with Gasteiger partial charge in [-0.15, -0.1) is 0 Å². The molecule has 1 heterocycles. The number of aliphatic imine (C=N–C) groups is 1. The van der Waals surface area contributed by atoms with Gasteiger partial charge in [0.15, 0.2) is 17.3 Å². The van der Waals surface area contributed by atoms with E-state index in [-0.39, 0.29) is 25.0 Å². The minimum atomic E-state index is -0.666. The fraction of sp³-hybridized carbons (Fsp3) is 0.370. The van der Waals surface area contributed by atoms with Gasteiger partial charge in [-0.25, -0.2) is 0 Å². The number of Topliss-reactive ketones (excluding diaryl/α,β-unsaturated/α-hetero) is 1. The maximum atomic E-state index is 13.0. The number of hydrogen-bond donors (Lipinski definition) is 0. The Morgan fingerprint density at radius 3 is 2.68 bits per heavy atom. The number of ether oxygens (including phenoxy) is 3. The summed E-state index contributed by atoms with van der Waals surface area (Å²) in [6.45, 7) is 4.14. The van der Waals surface area contributed by atoms with Gasteiger partial charge in [-0.05, 0) is 50.5 Å². The lowest BCUT2D eigenvalue weighted by Crippen LogP contribution is -2.37. The highest BCUT2D eigenvalue weighted by atomic mass is 35.5. The molecule has 0 saturated carbocycles. The molecule has 4 rings (SSSR count). The molecule has 0 N–H and O–H groups in total. The molecule has 0 spiro atoms. The van der Waals surface area contributed by atoms with Crippen molar-refractivity contribution in [3.63, 3.8) is 0 Å². The summed E-state index contributed by atoms with van der Waals surface area (Å²) < 4.78 is 17.0. The number of esters is 1. The van der Waals surface area contributed by atoms with Crippen molar-refractivity contribution < 1.29 is 23.8 Å². The zero-order chi connectivity index (χ0) is 24.2. The maximum Gasteiger partial charge on any atom is 0.315 e. The van der Waals surface area contributed by atoms with Gasteiger partial charge in [0.05, 0.1) is 13.7 Å². The van der Waals surface area contributed by atoms with Crippen LogP contribution in [-0.2, 0) is 20.9 Å². The molecule has 1 aliphatic carbocycles. The molecule has 0 radical (unpaired) electrons. The van der Waals surface area contributed by atoms with Gasteiger partial charge >= 0.3 is 5.97 Å². The average molecular weight is 482 g/mol. The first-order valence-electron chi connectivity index (χ1n) is 11.5. The molecule has 7 heteroatoms. The summed E-state index contributed by atoms with van der Waals surface area (Å²) in [5.74, 6) is -0.431. The largest absolute Gasteiger partial charge is 0.493 e. The van der Waals surface area contributed by atoms with Gasteiger partial charge in [0.1, 0.15) is 12.5 Å². The third kappa shape index (κ3) is 4.73. The molecule has 0 aromatic heterocycles. The van der Waals surface area contributed by atoms with Gasteiger partial charge in [0, 0.05) is 39.9 Å². The Hall–Kier alpha value is -3.12. The third-order valence-corrected chi connectivity index (χ3v) is 6.63.